The van der Waals surface area contributed by atoms with Crippen LogP contribution in [-0.2, 0) is 0 Å². The molecular weight excluding hydrogens is 522 g/mol. The fraction of sp³-hybridized carbons (Fsp3) is 0. The first-order valence-electron chi connectivity index (χ1n) is 14.6. The number of nitrogens with zero attached hydrogens (tertiary/aromatic N) is 3. The third-order valence-electron chi connectivity index (χ3n) is 8.69. The third kappa shape index (κ3) is 3.62. The largest absolute Gasteiger partial charge is 0.305 e. The SMILES string of the molecule is c1ccc(-c2cccc(-c3cncc4c3c3cccc5c6c(-c7cccc(-c8ccccc8)c7)cncc6n4c35)c2)cc1. The predicted octanol–water partition coefficient (Wildman–Crippen LogP) is 10.3. The highest BCUT2D eigenvalue weighted by Gasteiger charge is 2.22. The maximum Gasteiger partial charge on any atom is 0.0731 e. The lowest BCUT2D eigenvalue weighted by atomic mass is 9.95. The smallest absolute Gasteiger partial charge is 0.0731 e. The van der Waals surface area contributed by atoms with E-state index in [1.54, 1.807) is 0 Å². The maximum absolute atomic E-state index is 4.78. The quantitative estimate of drug-likeness (QED) is 0.219. The van der Waals surface area contributed by atoms with Crippen LogP contribution in [0.15, 0.2) is 152 Å². The minimum Gasteiger partial charge on any atom is -0.305 e. The van der Waals surface area contributed by atoms with E-state index < -0.39 is 0 Å². The summed E-state index contributed by atoms with van der Waals surface area (Å²) in [6, 6.07) is 45.3. The Kier molecular flexibility index (Phi) is 5.20. The van der Waals surface area contributed by atoms with Gasteiger partial charge in [0.2, 0.25) is 0 Å². The van der Waals surface area contributed by atoms with Gasteiger partial charge in [-0.3, -0.25) is 9.97 Å². The number of rotatable bonds is 4. The van der Waals surface area contributed by atoms with Gasteiger partial charge in [-0.2, -0.15) is 0 Å². The average molecular weight is 548 g/mol. The highest BCUT2D eigenvalue weighted by atomic mass is 14.9. The van der Waals surface area contributed by atoms with Crippen molar-refractivity contribution in [2.45, 2.75) is 0 Å². The second-order valence-electron chi connectivity index (χ2n) is 11.1. The molecule has 0 saturated heterocycles. The standard InChI is InChI=1S/C40H25N3/c1-3-10-26(11-4-1)28-14-7-16-30(20-28)34-22-41-24-36-38(34)32-18-9-19-33-39-35(23-42-25-37(39)43(36)40(32)33)31-17-8-15-29(21-31)27-12-5-2-6-13-27/h1-25H. The molecule has 0 saturated carbocycles. The second-order valence-corrected chi connectivity index (χ2v) is 11.1. The molecule has 0 unspecified atom stereocenters. The van der Waals surface area contributed by atoms with E-state index in [1.165, 1.54) is 49.3 Å². The van der Waals surface area contributed by atoms with Crippen LogP contribution in [0.25, 0.3) is 82.6 Å². The van der Waals surface area contributed by atoms with Gasteiger partial charge >= 0.3 is 0 Å². The Bertz CT molecular complexity index is 2270. The molecule has 0 aliphatic heterocycles. The van der Waals surface area contributed by atoms with Gasteiger partial charge in [-0.15, -0.1) is 0 Å². The minimum atomic E-state index is 1.10. The van der Waals surface area contributed by atoms with Gasteiger partial charge < -0.3 is 4.40 Å². The lowest BCUT2D eigenvalue weighted by molar-refractivity contribution is 1.27. The Balaban J connectivity index is 1.30. The summed E-state index contributed by atoms with van der Waals surface area (Å²) in [6.45, 7) is 0. The van der Waals surface area contributed by atoms with Crippen molar-refractivity contribution in [3.8, 4) is 44.5 Å². The first-order valence-corrected chi connectivity index (χ1v) is 14.6. The van der Waals surface area contributed by atoms with E-state index in [2.05, 4.69) is 132 Å². The molecule has 9 aromatic rings. The van der Waals surface area contributed by atoms with Crippen LogP contribution in [0.2, 0.25) is 0 Å². The van der Waals surface area contributed by atoms with E-state index in [0.717, 1.165) is 33.3 Å². The topological polar surface area (TPSA) is 30.2 Å². The van der Waals surface area contributed by atoms with Crippen molar-refractivity contribution in [2.75, 3.05) is 0 Å². The van der Waals surface area contributed by atoms with Gasteiger partial charge in [-0.05, 0) is 45.5 Å². The zero-order valence-electron chi connectivity index (χ0n) is 23.3. The molecule has 3 nitrogen and oxygen atoms in total. The van der Waals surface area contributed by atoms with Crippen LogP contribution in [-0.4, -0.2) is 14.4 Å². The first kappa shape index (κ1) is 23.9. The van der Waals surface area contributed by atoms with Crippen molar-refractivity contribution in [1.29, 1.82) is 0 Å². The van der Waals surface area contributed by atoms with E-state index in [-0.39, 0.29) is 0 Å². The van der Waals surface area contributed by atoms with Crippen molar-refractivity contribution in [2.24, 2.45) is 0 Å². The molecule has 3 heteroatoms. The normalized spacial score (nSPS) is 11.7. The molecule has 0 fully saturated rings. The van der Waals surface area contributed by atoms with Crippen molar-refractivity contribution >= 4 is 38.1 Å². The Morgan fingerprint density at radius 3 is 1.28 bits per heavy atom. The van der Waals surface area contributed by atoms with Crippen LogP contribution in [0.5, 0.6) is 0 Å². The van der Waals surface area contributed by atoms with Gasteiger partial charge in [0.25, 0.3) is 0 Å². The van der Waals surface area contributed by atoms with Gasteiger partial charge in [0.05, 0.1) is 28.9 Å². The average Bonchev–Trinajstić information content (AvgIpc) is 3.62. The van der Waals surface area contributed by atoms with Crippen molar-refractivity contribution in [3.63, 3.8) is 0 Å². The number of benzene rings is 5. The molecule has 0 radical (unpaired) electrons. The maximum atomic E-state index is 4.78. The highest BCUT2D eigenvalue weighted by Crippen LogP contribution is 2.45. The van der Waals surface area contributed by atoms with Crippen LogP contribution in [0.4, 0.5) is 0 Å². The molecule has 0 N–H and O–H groups in total. The number of para-hydroxylation sites is 1. The molecule has 0 bridgehead atoms. The van der Waals surface area contributed by atoms with E-state index in [9.17, 15) is 0 Å². The first-order chi connectivity index (χ1) is 21.3. The molecule has 0 amide bonds. The third-order valence-corrected chi connectivity index (χ3v) is 8.69. The monoisotopic (exact) mass is 547 g/mol. The molecule has 9 rings (SSSR count). The Morgan fingerprint density at radius 1 is 0.372 bits per heavy atom. The van der Waals surface area contributed by atoms with Crippen LogP contribution in [0, 0.1) is 0 Å². The molecule has 4 aromatic heterocycles. The second kappa shape index (κ2) is 9.37. The van der Waals surface area contributed by atoms with Crippen LogP contribution >= 0.6 is 0 Å². The summed E-state index contributed by atoms with van der Waals surface area (Å²) in [6.07, 6.45) is 8.02. The molecule has 0 aliphatic carbocycles. The number of pyridine rings is 2. The zero-order valence-corrected chi connectivity index (χ0v) is 23.3. The Hall–Kier alpha value is -5.80. The number of hydrogen-bond acceptors (Lipinski definition) is 2. The van der Waals surface area contributed by atoms with Crippen LogP contribution < -0.4 is 0 Å². The number of hydrogen-bond donors (Lipinski definition) is 0. The Morgan fingerprint density at radius 2 is 0.791 bits per heavy atom. The molecule has 0 spiro atoms. The predicted molar refractivity (Wildman–Crippen MR) is 178 cm³/mol. The van der Waals surface area contributed by atoms with Crippen molar-refractivity contribution in [1.82, 2.24) is 14.4 Å². The van der Waals surface area contributed by atoms with E-state index in [4.69, 9.17) is 9.97 Å². The summed E-state index contributed by atoms with van der Waals surface area (Å²) < 4.78 is 2.37. The molecule has 0 aliphatic rings. The zero-order chi connectivity index (χ0) is 28.3. The molecule has 0 atom stereocenters. The molecular formula is C40H25N3. The van der Waals surface area contributed by atoms with Gasteiger partial charge in [0.15, 0.2) is 0 Å². The fourth-order valence-electron chi connectivity index (χ4n) is 6.79. The molecule has 4 heterocycles. The van der Waals surface area contributed by atoms with E-state index >= 15 is 0 Å². The van der Waals surface area contributed by atoms with Crippen molar-refractivity contribution in [3.05, 3.63) is 152 Å². The number of fused-ring (bicyclic) bond motifs is 6. The lowest BCUT2D eigenvalue weighted by Crippen LogP contribution is -1.88. The van der Waals surface area contributed by atoms with E-state index in [1.807, 2.05) is 24.8 Å². The van der Waals surface area contributed by atoms with Crippen LogP contribution in [0.3, 0.4) is 0 Å². The minimum absolute atomic E-state index is 1.10. The molecule has 5 aromatic carbocycles. The summed E-state index contributed by atoms with van der Waals surface area (Å²) in [5.74, 6) is 0. The van der Waals surface area contributed by atoms with Gasteiger partial charge in [-0.25, -0.2) is 0 Å². The molecule has 43 heavy (non-hydrogen) atoms. The van der Waals surface area contributed by atoms with Gasteiger partial charge in [-0.1, -0.05) is 115 Å². The van der Waals surface area contributed by atoms with E-state index in [0.29, 0.717) is 0 Å². The highest BCUT2D eigenvalue weighted by molar-refractivity contribution is 6.27. The summed E-state index contributed by atoms with van der Waals surface area (Å²) in [5, 5.41) is 4.91. The summed E-state index contributed by atoms with van der Waals surface area (Å²) in [7, 11) is 0. The number of aromatic nitrogens is 3. The van der Waals surface area contributed by atoms with Crippen molar-refractivity contribution < 1.29 is 0 Å². The van der Waals surface area contributed by atoms with Gasteiger partial charge in [0, 0.05) is 45.1 Å². The fourth-order valence-corrected chi connectivity index (χ4v) is 6.79. The van der Waals surface area contributed by atoms with Gasteiger partial charge in [0.1, 0.15) is 0 Å². The Labute approximate surface area is 248 Å². The lowest BCUT2D eigenvalue weighted by Gasteiger charge is -2.09. The summed E-state index contributed by atoms with van der Waals surface area (Å²) >= 11 is 0. The molecule has 200 valence electrons. The summed E-state index contributed by atoms with van der Waals surface area (Å²) in [5.41, 5.74) is 12.8. The van der Waals surface area contributed by atoms with Crippen LogP contribution in [0.1, 0.15) is 0 Å². The summed E-state index contributed by atoms with van der Waals surface area (Å²) in [4.78, 5) is 9.55.